The fraction of sp³-hybridized carbons (Fsp3) is 0.100. The number of amides is 1. The molecule has 0 aliphatic carbocycles. The van der Waals surface area contributed by atoms with Crippen LogP contribution in [-0.4, -0.2) is 33.7 Å². The van der Waals surface area contributed by atoms with Gasteiger partial charge in [0.05, 0.1) is 7.11 Å². The molecule has 0 atom stereocenters. The first kappa shape index (κ1) is 18.8. The lowest BCUT2D eigenvalue weighted by atomic mass is 10.1. The first-order valence-electron chi connectivity index (χ1n) is 8.30. The van der Waals surface area contributed by atoms with E-state index < -0.39 is 17.2 Å². The predicted molar refractivity (Wildman–Crippen MR) is 102 cm³/mol. The molecule has 2 N–H and O–H groups in total. The lowest BCUT2D eigenvalue weighted by Crippen LogP contribution is -2.25. The largest absolute Gasteiger partial charge is 0.505 e. The zero-order chi connectivity index (χ0) is 20.3. The normalized spacial score (nSPS) is 10.4. The van der Waals surface area contributed by atoms with Gasteiger partial charge in [-0.25, -0.2) is 0 Å². The quantitative estimate of drug-likeness (QED) is 0.659. The van der Waals surface area contributed by atoms with E-state index in [1.807, 2.05) is 0 Å². The van der Waals surface area contributed by atoms with Crippen molar-refractivity contribution in [3.8, 4) is 17.2 Å². The second-order valence-corrected chi connectivity index (χ2v) is 5.89. The van der Waals surface area contributed by atoms with Crippen LogP contribution in [0, 0.1) is 0 Å². The number of nitrogens with one attached hydrogen (secondary N) is 1. The molecule has 3 aromatic rings. The Balaban J connectivity index is 1.96. The molecule has 1 heterocycles. The third kappa shape index (κ3) is 3.75. The molecule has 0 bridgehead atoms. The van der Waals surface area contributed by atoms with Crippen LogP contribution in [0.5, 0.6) is 11.5 Å². The summed E-state index contributed by atoms with van der Waals surface area (Å²) in [6.07, 6.45) is 0. The molecule has 8 nitrogen and oxygen atoms in total. The molecule has 3 rings (SSSR count). The molecule has 1 amide bonds. The number of ketones is 1. The Morgan fingerprint density at radius 3 is 2.43 bits per heavy atom. The van der Waals surface area contributed by atoms with Crippen molar-refractivity contribution in [1.29, 1.82) is 0 Å². The first-order chi connectivity index (χ1) is 13.4. The van der Waals surface area contributed by atoms with Crippen molar-refractivity contribution in [2.45, 2.75) is 6.92 Å². The summed E-state index contributed by atoms with van der Waals surface area (Å²) in [6, 6.07) is 13.8. The van der Waals surface area contributed by atoms with Crippen LogP contribution in [0.25, 0.3) is 5.69 Å². The van der Waals surface area contributed by atoms with Crippen LogP contribution in [0.3, 0.4) is 0 Å². The number of anilines is 1. The van der Waals surface area contributed by atoms with Crippen LogP contribution < -0.4 is 15.6 Å². The Bertz CT molecular complexity index is 1100. The number of para-hydroxylation sites is 2. The summed E-state index contributed by atoms with van der Waals surface area (Å²) < 4.78 is 6.20. The van der Waals surface area contributed by atoms with Crippen LogP contribution in [-0.2, 0) is 0 Å². The molecule has 0 saturated carbocycles. The number of ether oxygens (including phenoxy) is 1. The molecule has 0 unspecified atom stereocenters. The third-order valence-corrected chi connectivity index (χ3v) is 3.99. The molecule has 0 saturated heterocycles. The summed E-state index contributed by atoms with van der Waals surface area (Å²) >= 11 is 0. The van der Waals surface area contributed by atoms with Crippen molar-refractivity contribution in [2.75, 3.05) is 12.4 Å². The van der Waals surface area contributed by atoms with E-state index in [1.54, 1.807) is 48.5 Å². The molecule has 1 aromatic heterocycles. The van der Waals surface area contributed by atoms with Gasteiger partial charge < -0.3 is 15.2 Å². The van der Waals surface area contributed by atoms with Crippen molar-refractivity contribution >= 4 is 17.4 Å². The summed E-state index contributed by atoms with van der Waals surface area (Å²) in [5.74, 6) is -0.972. The van der Waals surface area contributed by atoms with Gasteiger partial charge in [-0.05, 0) is 43.3 Å². The molecule has 0 radical (unpaired) electrons. The maximum Gasteiger partial charge on any atom is 0.279 e. The zero-order valence-corrected chi connectivity index (χ0v) is 15.2. The summed E-state index contributed by atoms with van der Waals surface area (Å²) in [5, 5.41) is 16.6. The smallest absolute Gasteiger partial charge is 0.279 e. The molecule has 28 heavy (non-hydrogen) atoms. The molecule has 8 heteroatoms. The Hall–Kier alpha value is -3.94. The Morgan fingerprint density at radius 1 is 1.11 bits per heavy atom. The van der Waals surface area contributed by atoms with E-state index in [-0.39, 0.29) is 11.5 Å². The topological polar surface area (TPSA) is 111 Å². The number of aromatic nitrogens is 2. The number of methoxy groups -OCH3 is 1. The van der Waals surface area contributed by atoms with Gasteiger partial charge in [0.25, 0.3) is 11.5 Å². The molecule has 142 valence electrons. The van der Waals surface area contributed by atoms with Crippen LogP contribution in [0.15, 0.2) is 59.4 Å². The number of benzene rings is 2. The Kier molecular flexibility index (Phi) is 5.21. The SMILES string of the molecule is COc1ccccc1-n1nc(C(=O)Nc2ccc(C(C)=O)cc2)c(O)cc1=O. The number of aromatic hydroxyl groups is 1. The van der Waals surface area contributed by atoms with Crippen molar-refractivity contribution in [1.82, 2.24) is 9.78 Å². The average molecular weight is 379 g/mol. The number of carbonyl (C=O) groups is 2. The van der Waals surface area contributed by atoms with Gasteiger partial charge in [-0.3, -0.25) is 14.4 Å². The number of rotatable bonds is 5. The summed E-state index contributed by atoms with van der Waals surface area (Å²) in [5.41, 5.74) is 0.287. The Labute approximate surface area is 160 Å². The van der Waals surface area contributed by atoms with Crippen LogP contribution in [0.2, 0.25) is 0 Å². The van der Waals surface area contributed by atoms with Crippen molar-refractivity contribution in [3.05, 3.63) is 76.2 Å². The monoisotopic (exact) mass is 379 g/mol. The van der Waals surface area contributed by atoms with Gasteiger partial charge in [0.1, 0.15) is 11.4 Å². The third-order valence-electron chi connectivity index (χ3n) is 3.99. The lowest BCUT2D eigenvalue weighted by molar-refractivity contribution is 0.101. The number of carbonyl (C=O) groups excluding carboxylic acids is 2. The van der Waals surface area contributed by atoms with E-state index in [9.17, 15) is 19.5 Å². The van der Waals surface area contributed by atoms with Crippen LogP contribution in [0.4, 0.5) is 5.69 Å². The molecular weight excluding hydrogens is 362 g/mol. The van der Waals surface area contributed by atoms with Crippen molar-refractivity contribution < 1.29 is 19.4 Å². The van der Waals surface area contributed by atoms with E-state index in [1.165, 1.54) is 14.0 Å². The fourth-order valence-corrected chi connectivity index (χ4v) is 2.56. The Morgan fingerprint density at radius 2 is 1.79 bits per heavy atom. The molecule has 0 aliphatic heterocycles. The summed E-state index contributed by atoms with van der Waals surface area (Å²) in [6.45, 7) is 1.44. The van der Waals surface area contributed by atoms with Crippen LogP contribution >= 0.6 is 0 Å². The highest BCUT2D eigenvalue weighted by atomic mass is 16.5. The molecule has 0 fully saturated rings. The number of Topliss-reactive ketones (excluding diaryl/α,β-unsaturated/α-hetero) is 1. The predicted octanol–water partition coefficient (Wildman–Crippen LogP) is 2.40. The highest BCUT2D eigenvalue weighted by Gasteiger charge is 2.18. The number of hydrogen-bond acceptors (Lipinski definition) is 6. The van der Waals surface area contributed by atoms with Crippen LogP contribution in [0.1, 0.15) is 27.8 Å². The number of nitrogens with zero attached hydrogens (tertiary/aromatic N) is 2. The molecule has 0 spiro atoms. The second-order valence-electron chi connectivity index (χ2n) is 5.89. The zero-order valence-electron chi connectivity index (χ0n) is 15.2. The highest BCUT2D eigenvalue weighted by Crippen LogP contribution is 2.22. The number of hydrogen-bond donors (Lipinski definition) is 2. The minimum atomic E-state index is -0.711. The van der Waals surface area contributed by atoms with E-state index in [4.69, 9.17) is 4.74 Å². The van der Waals surface area contributed by atoms with E-state index in [0.717, 1.165) is 10.7 Å². The maximum absolute atomic E-state index is 12.6. The lowest BCUT2D eigenvalue weighted by Gasteiger charge is -2.12. The standard InChI is InChI=1S/C20H17N3O5/c1-12(24)13-7-9-14(10-8-13)21-20(27)19-16(25)11-18(26)23(22-19)15-5-3-4-6-17(15)28-2/h3-11,25H,1-2H3,(H,21,27). The minimum Gasteiger partial charge on any atom is -0.505 e. The van der Waals surface area contributed by atoms with Gasteiger partial charge in [0.15, 0.2) is 17.2 Å². The molecule has 2 aromatic carbocycles. The first-order valence-corrected chi connectivity index (χ1v) is 8.30. The van der Waals surface area contributed by atoms with Gasteiger partial charge in [0.2, 0.25) is 0 Å². The minimum absolute atomic E-state index is 0.0962. The molecule has 0 aliphatic rings. The molecular formula is C20H17N3O5. The van der Waals surface area contributed by atoms with Crippen molar-refractivity contribution in [3.63, 3.8) is 0 Å². The average Bonchev–Trinajstić information content (AvgIpc) is 2.68. The summed E-state index contributed by atoms with van der Waals surface area (Å²) in [4.78, 5) is 36.1. The van der Waals surface area contributed by atoms with Gasteiger partial charge in [0, 0.05) is 17.3 Å². The van der Waals surface area contributed by atoms with Gasteiger partial charge in [-0.15, -0.1) is 0 Å². The highest BCUT2D eigenvalue weighted by molar-refractivity contribution is 6.04. The van der Waals surface area contributed by atoms with Gasteiger partial charge >= 0.3 is 0 Å². The maximum atomic E-state index is 12.6. The van der Waals surface area contributed by atoms with E-state index >= 15 is 0 Å². The van der Waals surface area contributed by atoms with E-state index in [2.05, 4.69) is 10.4 Å². The van der Waals surface area contributed by atoms with Crippen molar-refractivity contribution in [2.24, 2.45) is 0 Å². The fourth-order valence-electron chi connectivity index (χ4n) is 2.56. The van der Waals surface area contributed by atoms with Gasteiger partial charge in [-0.2, -0.15) is 9.78 Å². The second kappa shape index (κ2) is 7.75. The summed E-state index contributed by atoms with van der Waals surface area (Å²) in [7, 11) is 1.45. The van der Waals surface area contributed by atoms with Gasteiger partial charge in [-0.1, -0.05) is 12.1 Å². The van der Waals surface area contributed by atoms with E-state index in [0.29, 0.717) is 22.7 Å².